The van der Waals surface area contributed by atoms with Crippen LogP contribution in [0.1, 0.15) is 31.2 Å². The topological polar surface area (TPSA) is 32.3 Å². The van der Waals surface area contributed by atoms with Crippen LogP contribution in [0.2, 0.25) is 5.02 Å². The second kappa shape index (κ2) is 5.07. The van der Waals surface area contributed by atoms with Crippen molar-refractivity contribution >= 4 is 11.6 Å². The summed E-state index contributed by atoms with van der Waals surface area (Å²) >= 11 is 5.93. The number of phenolic OH excluding ortho intramolecular Hbond substituents is 1. The number of piperidine rings is 1. The molecule has 1 aliphatic heterocycles. The van der Waals surface area contributed by atoms with E-state index in [0.29, 0.717) is 10.9 Å². The summed E-state index contributed by atoms with van der Waals surface area (Å²) in [5.74, 6) is 1.41. The average Bonchev–Trinajstić information content (AvgIpc) is 2.33. The van der Waals surface area contributed by atoms with Gasteiger partial charge in [-0.3, -0.25) is 0 Å². The number of benzene rings is 1. The number of aromatic hydroxyl groups is 1. The Kier molecular flexibility index (Phi) is 3.72. The van der Waals surface area contributed by atoms with Gasteiger partial charge in [0.2, 0.25) is 0 Å². The molecule has 1 saturated heterocycles. The minimum atomic E-state index is 0.169. The summed E-state index contributed by atoms with van der Waals surface area (Å²) in [4.78, 5) is 0. The van der Waals surface area contributed by atoms with Gasteiger partial charge in [-0.05, 0) is 55.5 Å². The van der Waals surface area contributed by atoms with Gasteiger partial charge >= 0.3 is 0 Å². The monoisotopic (exact) mass is 239 g/mol. The summed E-state index contributed by atoms with van der Waals surface area (Å²) in [5.41, 5.74) is 1.23. The fourth-order valence-electron chi connectivity index (χ4n) is 2.42. The first-order valence-corrected chi connectivity index (χ1v) is 6.25. The summed E-state index contributed by atoms with van der Waals surface area (Å²) in [5, 5.41) is 13.2. The molecule has 2 nitrogen and oxygen atoms in total. The summed E-state index contributed by atoms with van der Waals surface area (Å²) in [6, 6.07) is 5.56. The highest BCUT2D eigenvalue weighted by Crippen LogP contribution is 2.34. The lowest BCUT2D eigenvalue weighted by Gasteiger charge is -2.28. The molecular weight excluding hydrogens is 222 g/mol. The fraction of sp³-hybridized carbons (Fsp3) is 0.538. The Morgan fingerprint density at radius 2 is 2.06 bits per heavy atom. The van der Waals surface area contributed by atoms with Crippen molar-refractivity contribution in [2.24, 2.45) is 5.92 Å². The van der Waals surface area contributed by atoms with Gasteiger partial charge < -0.3 is 10.4 Å². The van der Waals surface area contributed by atoms with E-state index in [1.807, 2.05) is 12.1 Å². The second-order valence-electron chi connectivity index (χ2n) is 4.59. The van der Waals surface area contributed by atoms with Gasteiger partial charge in [-0.2, -0.15) is 0 Å². The molecule has 1 heterocycles. The molecule has 1 fully saturated rings. The predicted octanol–water partition coefficient (Wildman–Crippen LogP) is 3.15. The number of hydrogen-bond donors (Lipinski definition) is 2. The van der Waals surface area contributed by atoms with E-state index in [1.54, 1.807) is 6.07 Å². The molecule has 0 aliphatic carbocycles. The van der Waals surface area contributed by atoms with Crippen molar-refractivity contribution < 1.29 is 5.11 Å². The first-order valence-electron chi connectivity index (χ1n) is 5.87. The highest BCUT2D eigenvalue weighted by molar-refractivity contribution is 6.32. The van der Waals surface area contributed by atoms with Crippen molar-refractivity contribution in [3.05, 3.63) is 28.8 Å². The van der Waals surface area contributed by atoms with Crippen molar-refractivity contribution in [1.29, 1.82) is 0 Å². The number of phenols is 1. The molecule has 3 heteroatoms. The zero-order valence-corrected chi connectivity index (χ0v) is 10.3. The normalized spacial score (nSPS) is 19.6. The van der Waals surface area contributed by atoms with Gasteiger partial charge in [0, 0.05) is 0 Å². The molecule has 1 atom stereocenters. The highest BCUT2D eigenvalue weighted by atomic mass is 35.5. The Bertz CT molecular complexity index is 361. The quantitative estimate of drug-likeness (QED) is 0.831. The predicted molar refractivity (Wildman–Crippen MR) is 67.1 cm³/mol. The van der Waals surface area contributed by atoms with E-state index in [9.17, 15) is 5.11 Å². The van der Waals surface area contributed by atoms with E-state index in [2.05, 4.69) is 12.2 Å². The van der Waals surface area contributed by atoms with Gasteiger partial charge in [-0.15, -0.1) is 0 Å². The first kappa shape index (κ1) is 11.7. The number of rotatable bonds is 2. The summed E-state index contributed by atoms with van der Waals surface area (Å²) in [6.45, 7) is 4.47. The molecule has 0 amide bonds. The van der Waals surface area contributed by atoms with Gasteiger partial charge in [-0.1, -0.05) is 24.6 Å². The third-order valence-corrected chi connectivity index (χ3v) is 3.89. The van der Waals surface area contributed by atoms with Gasteiger partial charge in [0.25, 0.3) is 0 Å². The Morgan fingerprint density at radius 3 is 2.69 bits per heavy atom. The summed E-state index contributed by atoms with van der Waals surface area (Å²) in [6.07, 6.45) is 2.44. The second-order valence-corrected chi connectivity index (χ2v) is 4.99. The smallest absolute Gasteiger partial charge is 0.134 e. The van der Waals surface area contributed by atoms with Crippen LogP contribution < -0.4 is 5.32 Å². The lowest BCUT2D eigenvalue weighted by molar-refractivity contribution is 0.330. The Balaban J connectivity index is 2.12. The van der Waals surface area contributed by atoms with Crippen molar-refractivity contribution in [2.45, 2.75) is 25.7 Å². The standard InChI is InChI=1S/C13H18ClNO/c1-9(10-4-6-15-7-5-10)11-2-3-13(16)12(14)8-11/h2-3,8-10,15-16H,4-7H2,1H3. The SMILES string of the molecule is CC(c1ccc(O)c(Cl)c1)C1CCNCC1. The van der Waals surface area contributed by atoms with Gasteiger partial charge in [-0.25, -0.2) is 0 Å². The summed E-state index contributed by atoms with van der Waals surface area (Å²) in [7, 11) is 0. The molecule has 2 N–H and O–H groups in total. The number of halogens is 1. The molecule has 0 saturated carbocycles. The minimum Gasteiger partial charge on any atom is -0.506 e. The van der Waals surface area contributed by atoms with Crippen LogP contribution in [0.4, 0.5) is 0 Å². The molecule has 16 heavy (non-hydrogen) atoms. The van der Waals surface area contributed by atoms with Crippen molar-refractivity contribution in [2.75, 3.05) is 13.1 Å². The third-order valence-electron chi connectivity index (χ3n) is 3.59. The third kappa shape index (κ3) is 2.50. The largest absolute Gasteiger partial charge is 0.506 e. The molecular formula is C13H18ClNO. The molecule has 1 unspecified atom stereocenters. The molecule has 1 aliphatic rings. The van der Waals surface area contributed by atoms with Crippen LogP contribution in [0, 0.1) is 5.92 Å². The maximum Gasteiger partial charge on any atom is 0.134 e. The van der Waals surface area contributed by atoms with E-state index >= 15 is 0 Å². The number of nitrogens with one attached hydrogen (secondary N) is 1. The lowest BCUT2D eigenvalue weighted by atomic mass is 9.82. The van der Waals surface area contributed by atoms with Crippen molar-refractivity contribution in [3.8, 4) is 5.75 Å². The van der Waals surface area contributed by atoms with E-state index in [0.717, 1.165) is 19.0 Å². The molecule has 1 aromatic carbocycles. The lowest BCUT2D eigenvalue weighted by Crippen LogP contribution is -2.30. The zero-order valence-electron chi connectivity index (χ0n) is 9.54. The summed E-state index contributed by atoms with van der Waals surface area (Å²) < 4.78 is 0. The van der Waals surface area contributed by atoms with Crippen LogP contribution in [0.15, 0.2) is 18.2 Å². The van der Waals surface area contributed by atoms with Gasteiger partial charge in [0.15, 0.2) is 0 Å². The van der Waals surface area contributed by atoms with Crippen molar-refractivity contribution in [1.82, 2.24) is 5.32 Å². The molecule has 2 rings (SSSR count). The maximum atomic E-state index is 9.39. The van der Waals surface area contributed by atoms with Gasteiger partial charge in [0.1, 0.15) is 5.75 Å². The first-order chi connectivity index (χ1) is 7.68. The van der Waals surface area contributed by atoms with E-state index in [4.69, 9.17) is 11.6 Å². The van der Waals surface area contributed by atoms with Crippen LogP contribution in [0.3, 0.4) is 0 Å². The molecule has 0 bridgehead atoms. The molecule has 0 spiro atoms. The molecule has 88 valence electrons. The Morgan fingerprint density at radius 1 is 1.38 bits per heavy atom. The Hall–Kier alpha value is -0.730. The van der Waals surface area contributed by atoms with Crippen LogP contribution in [0.5, 0.6) is 5.75 Å². The van der Waals surface area contributed by atoms with E-state index in [1.165, 1.54) is 18.4 Å². The van der Waals surface area contributed by atoms with E-state index in [-0.39, 0.29) is 5.75 Å². The van der Waals surface area contributed by atoms with E-state index < -0.39 is 0 Å². The van der Waals surface area contributed by atoms with Crippen LogP contribution >= 0.6 is 11.6 Å². The molecule has 1 aromatic rings. The van der Waals surface area contributed by atoms with Crippen LogP contribution in [0.25, 0.3) is 0 Å². The Labute approximate surface area is 102 Å². The highest BCUT2D eigenvalue weighted by Gasteiger charge is 2.21. The molecule has 0 radical (unpaired) electrons. The van der Waals surface area contributed by atoms with Gasteiger partial charge in [0.05, 0.1) is 5.02 Å². The number of hydrogen-bond acceptors (Lipinski definition) is 2. The molecule has 0 aromatic heterocycles. The fourth-order valence-corrected chi connectivity index (χ4v) is 2.61. The van der Waals surface area contributed by atoms with Crippen LogP contribution in [-0.4, -0.2) is 18.2 Å². The zero-order chi connectivity index (χ0) is 11.5. The van der Waals surface area contributed by atoms with Crippen LogP contribution in [-0.2, 0) is 0 Å². The minimum absolute atomic E-state index is 0.169. The van der Waals surface area contributed by atoms with Crippen molar-refractivity contribution in [3.63, 3.8) is 0 Å². The average molecular weight is 240 g/mol. The maximum absolute atomic E-state index is 9.39.